The molecule has 0 saturated carbocycles. The molecular weight excluding hydrogens is 192 g/mol. The van der Waals surface area contributed by atoms with Crippen molar-refractivity contribution in [2.75, 3.05) is 0 Å². The lowest BCUT2D eigenvalue weighted by Gasteiger charge is -2.19. The number of aromatic nitrogens is 1. The number of nitrogens with zero attached hydrogens (tertiary/aromatic N) is 1. The minimum absolute atomic E-state index is 0.170. The van der Waals surface area contributed by atoms with Crippen LogP contribution in [0.15, 0.2) is 6.20 Å². The standard InChI is InChI=1S/C11H20N2S/c1-8(2)9-6-12-10(14-9)7-13-11(3,4)5/h6,8,13H,7H2,1-5H3. The molecule has 2 nitrogen and oxygen atoms in total. The predicted octanol–water partition coefficient (Wildman–Crippen LogP) is 3.15. The van der Waals surface area contributed by atoms with E-state index in [1.54, 1.807) is 0 Å². The summed E-state index contributed by atoms with van der Waals surface area (Å²) in [6, 6.07) is 0. The van der Waals surface area contributed by atoms with Crippen molar-refractivity contribution in [1.82, 2.24) is 10.3 Å². The van der Waals surface area contributed by atoms with Crippen molar-refractivity contribution in [3.63, 3.8) is 0 Å². The predicted molar refractivity (Wildman–Crippen MR) is 62.8 cm³/mol. The molecule has 0 spiro atoms. The van der Waals surface area contributed by atoms with Crippen LogP contribution in [0.2, 0.25) is 0 Å². The van der Waals surface area contributed by atoms with Gasteiger partial charge in [-0.05, 0) is 26.7 Å². The number of hydrogen-bond acceptors (Lipinski definition) is 3. The second-order valence-electron chi connectivity index (χ2n) is 4.91. The molecule has 1 rings (SSSR count). The average molecular weight is 212 g/mol. The van der Waals surface area contributed by atoms with Crippen LogP contribution in [0.25, 0.3) is 0 Å². The Kier molecular flexibility index (Phi) is 3.67. The van der Waals surface area contributed by atoms with Gasteiger partial charge in [-0.15, -0.1) is 11.3 Å². The highest BCUT2D eigenvalue weighted by Crippen LogP contribution is 2.21. The van der Waals surface area contributed by atoms with Crippen LogP contribution >= 0.6 is 11.3 Å². The van der Waals surface area contributed by atoms with Crippen LogP contribution in [0.5, 0.6) is 0 Å². The Balaban J connectivity index is 2.52. The Morgan fingerprint density at radius 1 is 1.43 bits per heavy atom. The fourth-order valence-corrected chi connectivity index (χ4v) is 1.88. The minimum Gasteiger partial charge on any atom is -0.306 e. The first-order valence-electron chi connectivity index (χ1n) is 5.08. The van der Waals surface area contributed by atoms with Crippen molar-refractivity contribution in [3.05, 3.63) is 16.1 Å². The summed E-state index contributed by atoms with van der Waals surface area (Å²) in [6.07, 6.45) is 2.00. The number of hydrogen-bond donors (Lipinski definition) is 1. The van der Waals surface area contributed by atoms with Crippen LogP contribution in [0.1, 0.15) is 50.4 Å². The molecule has 0 fully saturated rings. The zero-order valence-electron chi connectivity index (χ0n) is 9.72. The van der Waals surface area contributed by atoms with Gasteiger partial charge in [0.15, 0.2) is 0 Å². The minimum atomic E-state index is 0.170. The fraction of sp³-hybridized carbons (Fsp3) is 0.727. The van der Waals surface area contributed by atoms with Crippen LogP contribution < -0.4 is 5.32 Å². The lowest BCUT2D eigenvalue weighted by molar-refractivity contribution is 0.424. The van der Waals surface area contributed by atoms with E-state index in [2.05, 4.69) is 44.9 Å². The van der Waals surface area contributed by atoms with Gasteiger partial charge >= 0.3 is 0 Å². The van der Waals surface area contributed by atoms with Crippen molar-refractivity contribution >= 4 is 11.3 Å². The highest BCUT2D eigenvalue weighted by atomic mass is 32.1. The second kappa shape index (κ2) is 4.41. The van der Waals surface area contributed by atoms with Crippen molar-refractivity contribution in [2.24, 2.45) is 0 Å². The molecule has 0 aliphatic carbocycles. The number of nitrogens with one attached hydrogen (secondary N) is 1. The third-order valence-corrected chi connectivity index (χ3v) is 3.21. The molecule has 0 aliphatic rings. The molecule has 3 heteroatoms. The molecule has 0 aromatic carbocycles. The highest BCUT2D eigenvalue weighted by molar-refractivity contribution is 7.11. The summed E-state index contributed by atoms with van der Waals surface area (Å²) in [7, 11) is 0. The molecule has 0 atom stereocenters. The van der Waals surface area contributed by atoms with Crippen molar-refractivity contribution in [2.45, 2.75) is 52.6 Å². The zero-order valence-corrected chi connectivity index (χ0v) is 10.5. The van der Waals surface area contributed by atoms with Gasteiger partial charge in [-0.2, -0.15) is 0 Å². The maximum atomic E-state index is 4.40. The van der Waals surface area contributed by atoms with Gasteiger partial charge in [0.25, 0.3) is 0 Å². The summed E-state index contributed by atoms with van der Waals surface area (Å²) in [5.74, 6) is 0.593. The van der Waals surface area contributed by atoms with Crippen LogP contribution in [-0.2, 0) is 6.54 Å². The second-order valence-corrected chi connectivity index (χ2v) is 6.06. The Bertz CT molecular complexity index is 284. The van der Waals surface area contributed by atoms with Crippen LogP contribution in [0, 0.1) is 0 Å². The van der Waals surface area contributed by atoms with Gasteiger partial charge in [-0.1, -0.05) is 13.8 Å². The van der Waals surface area contributed by atoms with Crippen LogP contribution in [0.3, 0.4) is 0 Å². The van der Waals surface area contributed by atoms with E-state index in [0.29, 0.717) is 5.92 Å². The highest BCUT2D eigenvalue weighted by Gasteiger charge is 2.10. The molecule has 0 bridgehead atoms. The third kappa shape index (κ3) is 3.76. The lowest BCUT2D eigenvalue weighted by Crippen LogP contribution is -2.34. The van der Waals surface area contributed by atoms with E-state index in [0.717, 1.165) is 6.54 Å². The average Bonchev–Trinajstić information content (AvgIpc) is 2.47. The molecule has 1 aromatic rings. The van der Waals surface area contributed by atoms with E-state index in [1.165, 1.54) is 9.88 Å². The first-order chi connectivity index (χ1) is 6.38. The first kappa shape index (κ1) is 11.7. The Labute approximate surface area is 90.8 Å². The van der Waals surface area contributed by atoms with Gasteiger partial charge in [0.1, 0.15) is 5.01 Å². The van der Waals surface area contributed by atoms with E-state index in [4.69, 9.17) is 0 Å². The smallest absolute Gasteiger partial charge is 0.107 e. The normalized spacial score (nSPS) is 12.4. The summed E-state index contributed by atoms with van der Waals surface area (Å²) >= 11 is 1.81. The fourth-order valence-electron chi connectivity index (χ4n) is 1.01. The molecular formula is C11H20N2S. The molecule has 0 saturated heterocycles. The van der Waals surface area contributed by atoms with Gasteiger partial charge in [0.05, 0.1) is 0 Å². The SMILES string of the molecule is CC(C)c1cnc(CNC(C)(C)C)s1. The molecule has 1 heterocycles. The molecule has 0 unspecified atom stereocenters. The zero-order chi connectivity index (χ0) is 10.8. The van der Waals surface area contributed by atoms with Crippen LogP contribution in [0.4, 0.5) is 0 Å². The van der Waals surface area contributed by atoms with E-state index in [-0.39, 0.29) is 5.54 Å². The summed E-state index contributed by atoms with van der Waals surface area (Å²) in [5, 5.41) is 4.62. The topological polar surface area (TPSA) is 24.9 Å². The first-order valence-corrected chi connectivity index (χ1v) is 5.90. The van der Waals surface area contributed by atoms with E-state index in [1.807, 2.05) is 17.5 Å². The van der Waals surface area contributed by atoms with Crippen LogP contribution in [-0.4, -0.2) is 10.5 Å². The maximum absolute atomic E-state index is 4.40. The molecule has 80 valence electrons. The Morgan fingerprint density at radius 3 is 2.50 bits per heavy atom. The summed E-state index contributed by atoms with van der Waals surface area (Å²) in [4.78, 5) is 5.77. The van der Waals surface area contributed by atoms with Gasteiger partial charge in [0.2, 0.25) is 0 Å². The van der Waals surface area contributed by atoms with Gasteiger partial charge < -0.3 is 5.32 Å². The van der Waals surface area contributed by atoms with E-state index < -0.39 is 0 Å². The molecule has 0 aliphatic heterocycles. The van der Waals surface area contributed by atoms with Crippen molar-refractivity contribution < 1.29 is 0 Å². The molecule has 1 aromatic heterocycles. The largest absolute Gasteiger partial charge is 0.306 e. The lowest BCUT2D eigenvalue weighted by atomic mass is 10.1. The van der Waals surface area contributed by atoms with Gasteiger partial charge in [-0.3, -0.25) is 0 Å². The Morgan fingerprint density at radius 2 is 2.07 bits per heavy atom. The Hall–Kier alpha value is -0.410. The molecule has 1 N–H and O–H groups in total. The van der Waals surface area contributed by atoms with E-state index >= 15 is 0 Å². The van der Waals surface area contributed by atoms with Crippen molar-refractivity contribution in [1.29, 1.82) is 0 Å². The van der Waals surface area contributed by atoms with Crippen molar-refractivity contribution in [3.8, 4) is 0 Å². The summed E-state index contributed by atoms with van der Waals surface area (Å²) in [5.41, 5.74) is 0.170. The van der Waals surface area contributed by atoms with Gasteiger partial charge in [-0.25, -0.2) is 4.98 Å². The summed E-state index contributed by atoms with van der Waals surface area (Å²) in [6.45, 7) is 11.8. The molecule has 0 radical (unpaired) electrons. The maximum Gasteiger partial charge on any atom is 0.107 e. The number of thiazole rings is 1. The monoisotopic (exact) mass is 212 g/mol. The third-order valence-electron chi connectivity index (χ3n) is 1.91. The molecule has 14 heavy (non-hydrogen) atoms. The number of rotatable bonds is 3. The van der Waals surface area contributed by atoms with Gasteiger partial charge in [0, 0.05) is 23.2 Å². The quantitative estimate of drug-likeness (QED) is 0.832. The van der Waals surface area contributed by atoms with E-state index in [9.17, 15) is 0 Å². The summed E-state index contributed by atoms with van der Waals surface area (Å²) < 4.78 is 0. The molecule has 0 amide bonds.